The summed E-state index contributed by atoms with van der Waals surface area (Å²) in [6, 6.07) is 6.15. The molecule has 0 aliphatic carbocycles. The smallest absolute Gasteiger partial charge is 0.190 e. The molecule has 0 unspecified atom stereocenters. The van der Waals surface area contributed by atoms with Gasteiger partial charge in [0.1, 0.15) is 13.2 Å². The first kappa shape index (κ1) is 20.9. The Morgan fingerprint density at radius 2 is 1.79 bits per heavy atom. The van der Waals surface area contributed by atoms with Crippen molar-refractivity contribution < 1.29 is 9.47 Å². The van der Waals surface area contributed by atoms with Gasteiger partial charge >= 0.3 is 0 Å². The van der Waals surface area contributed by atoms with Crippen molar-refractivity contribution >= 4 is 29.9 Å². The fraction of sp³-hybridized carbons (Fsp3) is 0.611. The minimum Gasteiger partial charge on any atom is -0.486 e. The van der Waals surface area contributed by atoms with Crippen LogP contribution in [0.2, 0.25) is 0 Å². The number of nitrogens with zero attached hydrogens (tertiary/aromatic N) is 1. The Balaban J connectivity index is 0.00000288. The zero-order valence-electron chi connectivity index (χ0n) is 14.8. The van der Waals surface area contributed by atoms with E-state index in [0.717, 1.165) is 37.0 Å². The molecule has 6 heteroatoms. The predicted octanol–water partition coefficient (Wildman–Crippen LogP) is 3.36. The number of hydrogen-bond acceptors (Lipinski definition) is 3. The average molecular weight is 447 g/mol. The van der Waals surface area contributed by atoms with Gasteiger partial charge in [-0.3, -0.25) is 4.99 Å². The van der Waals surface area contributed by atoms with Crippen molar-refractivity contribution in [3.63, 3.8) is 0 Å². The second kappa shape index (κ2) is 12.2. The highest BCUT2D eigenvalue weighted by Gasteiger charge is 2.11. The molecule has 5 nitrogen and oxygen atoms in total. The maximum Gasteiger partial charge on any atom is 0.190 e. The number of guanidine groups is 1. The molecule has 0 radical (unpaired) electrons. The summed E-state index contributed by atoms with van der Waals surface area (Å²) in [6.45, 7) is 5.31. The zero-order valence-corrected chi connectivity index (χ0v) is 17.1. The summed E-state index contributed by atoms with van der Waals surface area (Å²) in [5.41, 5.74) is 1.24. The van der Waals surface area contributed by atoms with E-state index in [9.17, 15) is 0 Å². The lowest BCUT2D eigenvalue weighted by atomic mass is 10.1. The van der Waals surface area contributed by atoms with Crippen molar-refractivity contribution in [1.29, 1.82) is 0 Å². The van der Waals surface area contributed by atoms with Crippen LogP contribution in [-0.2, 0) is 6.42 Å². The normalized spacial score (nSPS) is 13.2. The van der Waals surface area contributed by atoms with Crippen molar-refractivity contribution in [3.05, 3.63) is 23.8 Å². The molecule has 0 bridgehead atoms. The van der Waals surface area contributed by atoms with Crippen molar-refractivity contribution in [2.75, 3.05) is 33.4 Å². The van der Waals surface area contributed by atoms with E-state index in [-0.39, 0.29) is 24.0 Å². The van der Waals surface area contributed by atoms with E-state index in [1.54, 1.807) is 0 Å². The molecule has 1 aliphatic heterocycles. The minimum atomic E-state index is 0. The quantitative estimate of drug-likeness (QED) is 0.278. The number of benzene rings is 1. The van der Waals surface area contributed by atoms with Gasteiger partial charge in [0, 0.05) is 20.1 Å². The molecule has 0 spiro atoms. The third-order valence-electron chi connectivity index (χ3n) is 3.86. The predicted molar refractivity (Wildman–Crippen MR) is 110 cm³/mol. The lowest BCUT2D eigenvalue weighted by Crippen LogP contribution is -2.38. The first-order chi connectivity index (χ1) is 11.3. The van der Waals surface area contributed by atoms with Crippen molar-refractivity contribution in [1.82, 2.24) is 10.6 Å². The summed E-state index contributed by atoms with van der Waals surface area (Å²) in [4.78, 5) is 4.26. The van der Waals surface area contributed by atoms with Gasteiger partial charge in [0.05, 0.1) is 0 Å². The van der Waals surface area contributed by atoms with E-state index in [1.165, 1.54) is 31.2 Å². The van der Waals surface area contributed by atoms with E-state index >= 15 is 0 Å². The Labute approximate surface area is 162 Å². The number of rotatable bonds is 8. The lowest BCUT2D eigenvalue weighted by molar-refractivity contribution is 0.171. The number of nitrogens with one attached hydrogen (secondary N) is 2. The Bertz CT molecular complexity index is 509. The molecular weight excluding hydrogens is 417 g/mol. The standard InChI is InChI=1S/C18H29N3O2.HI/c1-3-4-5-6-10-20-18(19-2)21-11-9-15-7-8-16-17(14-15)23-13-12-22-16;/h7-8,14H,3-6,9-13H2,1-2H3,(H2,19,20,21);1H. The van der Waals surface area contributed by atoms with Crippen LogP contribution in [0, 0.1) is 0 Å². The Morgan fingerprint density at radius 1 is 1.04 bits per heavy atom. The fourth-order valence-electron chi connectivity index (χ4n) is 2.55. The third kappa shape index (κ3) is 7.15. The molecule has 136 valence electrons. The summed E-state index contributed by atoms with van der Waals surface area (Å²) in [5, 5.41) is 6.71. The van der Waals surface area contributed by atoms with Gasteiger partial charge in [0.25, 0.3) is 0 Å². The highest BCUT2D eigenvalue weighted by Crippen LogP contribution is 2.30. The molecule has 1 aliphatic rings. The molecular formula is C18H30IN3O2. The summed E-state index contributed by atoms with van der Waals surface area (Å²) in [5.74, 6) is 2.57. The van der Waals surface area contributed by atoms with Crippen LogP contribution in [-0.4, -0.2) is 39.3 Å². The van der Waals surface area contributed by atoms with Gasteiger partial charge in [-0.05, 0) is 30.5 Å². The van der Waals surface area contributed by atoms with Crippen LogP contribution in [0.25, 0.3) is 0 Å². The monoisotopic (exact) mass is 447 g/mol. The van der Waals surface area contributed by atoms with Crippen LogP contribution in [0.1, 0.15) is 38.2 Å². The molecule has 0 saturated carbocycles. The number of unbranched alkanes of at least 4 members (excludes halogenated alkanes) is 3. The third-order valence-corrected chi connectivity index (χ3v) is 3.86. The second-order valence-electron chi connectivity index (χ2n) is 5.71. The van der Waals surface area contributed by atoms with Gasteiger partial charge in [-0.15, -0.1) is 24.0 Å². The number of hydrogen-bond donors (Lipinski definition) is 2. The molecule has 0 fully saturated rings. The molecule has 0 amide bonds. The molecule has 2 N–H and O–H groups in total. The van der Waals surface area contributed by atoms with Crippen molar-refractivity contribution in [2.45, 2.75) is 39.0 Å². The van der Waals surface area contributed by atoms with Crippen LogP contribution in [0.15, 0.2) is 23.2 Å². The number of halogens is 1. The maximum atomic E-state index is 5.62. The maximum absolute atomic E-state index is 5.62. The van der Waals surface area contributed by atoms with E-state index < -0.39 is 0 Å². The fourth-order valence-corrected chi connectivity index (χ4v) is 2.55. The largest absolute Gasteiger partial charge is 0.486 e. The van der Waals surface area contributed by atoms with Crippen molar-refractivity contribution in [2.24, 2.45) is 4.99 Å². The van der Waals surface area contributed by atoms with Crippen LogP contribution in [0.3, 0.4) is 0 Å². The first-order valence-electron chi connectivity index (χ1n) is 8.66. The van der Waals surface area contributed by atoms with Crippen LogP contribution in [0.5, 0.6) is 11.5 Å². The molecule has 24 heavy (non-hydrogen) atoms. The molecule has 0 saturated heterocycles. The van der Waals surface area contributed by atoms with Gasteiger partial charge in [-0.2, -0.15) is 0 Å². The van der Waals surface area contributed by atoms with E-state index in [0.29, 0.717) is 13.2 Å². The Hall–Kier alpha value is -1.18. The first-order valence-corrected chi connectivity index (χ1v) is 8.66. The summed E-state index contributed by atoms with van der Waals surface area (Å²) >= 11 is 0. The second-order valence-corrected chi connectivity index (χ2v) is 5.71. The van der Waals surface area contributed by atoms with Crippen LogP contribution < -0.4 is 20.1 Å². The van der Waals surface area contributed by atoms with Gasteiger partial charge < -0.3 is 20.1 Å². The van der Waals surface area contributed by atoms with E-state index in [1.807, 2.05) is 13.1 Å². The Morgan fingerprint density at radius 3 is 2.54 bits per heavy atom. The number of aliphatic imine (C=N–C) groups is 1. The minimum absolute atomic E-state index is 0. The van der Waals surface area contributed by atoms with Gasteiger partial charge in [-0.1, -0.05) is 32.3 Å². The lowest BCUT2D eigenvalue weighted by Gasteiger charge is -2.19. The van der Waals surface area contributed by atoms with E-state index in [2.05, 4.69) is 34.7 Å². The zero-order chi connectivity index (χ0) is 16.3. The molecule has 0 atom stereocenters. The number of fused-ring (bicyclic) bond motifs is 1. The summed E-state index contributed by atoms with van der Waals surface area (Å²) in [7, 11) is 1.81. The highest BCUT2D eigenvalue weighted by molar-refractivity contribution is 14.0. The Kier molecular flexibility index (Phi) is 10.6. The number of ether oxygens (including phenoxy) is 2. The molecule has 0 aromatic heterocycles. The molecule has 1 aromatic carbocycles. The summed E-state index contributed by atoms with van der Waals surface area (Å²) in [6.07, 6.45) is 5.96. The topological polar surface area (TPSA) is 54.9 Å². The van der Waals surface area contributed by atoms with E-state index in [4.69, 9.17) is 9.47 Å². The van der Waals surface area contributed by atoms with Crippen molar-refractivity contribution in [3.8, 4) is 11.5 Å². The van der Waals surface area contributed by atoms with Gasteiger partial charge in [0.2, 0.25) is 0 Å². The molecule has 2 rings (SSSR count). The highest BCUT2D eigenvalue weighted by atomic mass is 127. The molecule has 1 heterocycles. The molecule has 1 aromatic rings. The average Bonchev–Trinajstić information content (AvgIpc) is 2.60. The summed E-state index contributed by atoms with van der Waals surface area (Å²) < 4.78 is 11.2. The van der Waals surface area contributed by atoms with Crippen LogP contribution >= 0.6 is 24.0 Å². The van der Waals surface area contributed by atoms with Crippen LogP contribution in [0.4, 0.5) is 0 Å². The van der Waals surface area contributed by atoms with Gasteiger partial charge in [0.15, 0.2) is 17.5 Å². The van der Waals surface area contributed by atoms with Gasteiger partial charge in [-0.25, -0.2) is 0 Å². The SMILES string of the molecule is CCCCCCNC(=NC)NCCc1ccc2c(c1)OCCO2.I.